The number of amides is 2. The lowest BCUT2D eigenvalue weighted by atomic mass is 10.0. The Kier molecular flexibility index (Phi) is 11.2. The van der Waals surface area contributed by atoms with Crippen molar-refractivity contribution >= 4 is 27.5 Å². The summed E-state index contributed by atoms with van der Waals surface area (Å²) in [7, 11) is -3.95. The zero-order valence-corrected chi connectivity index (χ0v) is 24.7. The number of carbonyl (C=O) groups excluding carboxylic acids is 2. The van der Waals surface area contributed by atoms with E-state index in [-0.39, 0.29) is 49.9 Å². The van der Waals surface area contributed by atoms with Crippen molar-refractivity contribution in [2.45, 2.75) is 51.9 Å². The summed E-state index contributed by atoms with van der Waals surface area (Å²) in [5.74, 6) is -0.687. The van der Waals surface area contributed by atoms with Crippen LogP contribution in [0, 0.1) is 6.92 Å². The highest BCUT2D eigenvalue weighted by Gasteiger charge is 2.32. The molecule has 2 amide bonds. The summed E-state index contributed by atoms with van der Waals surface area (Å²) in [5.41, 5.74) is 1.55. The van der Waals surface area contributed by atoms with Crippen LogP contribution in [0.4, 0.5) is 18.9 Å². The van der Waals surface area contributed by atoms with Crippen LogP contribution in [0.3, 0.4) is 0 Å². The number of benzene rings is 3. The van der Waals surface area contributed by atoms with Crippen molar-refractivity contribution in [3.8, 4) is 0 Å². The Hall–Kier alpha value is -3.86. The van der Waals surface area contributed by atoms with E-state index in [1.807, 2.05) is 61.5 Å². The molecule has 1 atom stereocenters. The fourth-order valence-electron chi connectivity index (χ4n) is 4.66. The van der Waals surface area contributed by atoms with Crippen molar-refractivity contribution in [3.05, 3.63) is 101 Å². The van der Waals surface area contributed by atoms with Gasteiger partial charge in [0.2, 0.25) is 21.8 Å². The van der Waals surface area contributed by atoms with E-state index in [0.717, 1.165) is 45.5 Å². The molecule has 0 fully saturated rings. The van der Waals surface area contributed by atoms with Crippen molar-refractivity contribution in [2.75, 3.05) is 23.7 Å². The van der Waals surface area contributed by atoms with Gasteiger partial charge in [-0.05, 0) is 55.2 Å². The molecule has 0 aromatic heterocycles. The number of carbonyl (C=O) groups is 2. The quantitative estimate of drug-likeness (QED) is 0.286. The van der Waals surface area contributed by atoms with Crippen LogP contribution in [-0.4, -0.2) is 50.5 Å². The molecule has 3 aromatic carbocycles. The first-order valence-corrected chi connectivity index (χ1v) is 15.5. The topological polar surface area (TPSA) is 86.8 Å². The van der Waals surface area contributed by atoms with Gasteiger partial charge < -0.3 is 10.2 Å². The Morgan fingerprint density at radius 1 is 0.952 bits per heavy atom. The fourth-order valence-corrected chi connectivity index (χ4v) is 5.62. The maximum absolute atomic E-state index is 13.8. The molecular weight excluding hydrogens is 567 g/mol. The minimum atomic E-state index is -4.64. The molecule has 0 bridgehead atoms. The minimum Gasteiger partial charge on any atom is -0.355 e. The van der Waals surface area contributed by atoms with E-state index in [1.54, 1.807) is 6.92 Å². The number of anilines is 1. The van der Waals surface area contributed by atoms with Crippen LogP contribution in [-0.2, 0) is 38.8 Å². The Morgan fingerprint density at radius 2 is 1.62 bits per heavy atom. The number of aryl methyl sites for hydroxylation is 1. The normalized spacial score (nSPS) is 12.4. The molecule has 11 heteroatoms. The van der Waals surface area contributed by atoms with E-state index >= 15 is 0 Å². The molecule has 0 spiro atoms. The van der Waals surface area contributed by atoms with E-state index in [9.17, 15) is 31.2 Å². The van der Waals surface area contributed by atoms with Crippen LogP contribution in [0.5, 0.6) is 0 Å². The summed E-state index contributed by atoms with van der Waals surface area (Å²) >= 11 is 0. The summed E-state index contributed by atoms with van der Waals surface area (Å²) in [6, 6.07) is 20.1. The van der Waals surface area contributed by atoms with Crippen molar-refractivity contribution < 1.29 is 31.2 Å². The average molecular weight is 604 g/mol. The van der Waals surface area contributed by atoms with Crippen LogP contribution >= 0.6 is 0 Å². The van der Waals surface area contributed by atoms with Crippen molar-refractivity contribution in [1.29, 1.82) is 0 Å². The van der Waals surface area contributed by atoms with E-state index < -0.39 is 27.8 Å². The first-order chi connectivity index (χ1) is 19.8. The van der Waals surface area contributed by atoms with Gasteiger partial charge in [0.15, 0.2) is 0 Å². The lowest BCUT2D eigenvalue weighted by Gasteiger charge is -2.32. The number of rotatable bonds is 13. The van der Waals surface area contributed by atoms with Crippen LogP contribution in [0.15, 0.2) is 78.9 Å². The van der Waals surface area contributed by atoms with Crippen LogP contribution in [0.1, 0.15) is 42.0 Å². The Labute approximate surface area is 245 Å². The predicted octanol–water partition coefficient (Wildman–Crippen LogP) is 5.34. The third-order valence-electron chi connectivity index (χ3n) is 6.84. The highest BCUT2D eigenvalue weighted by Crippen LogP contribution is 2.32. The van der Waals surface area contributed by atoms with Gasteiger partial charge in [-0.15, -0.1) is 0 Å². The second-order valence-electron chi connectivity index (χ2n) is 10.0. The van der Waals surface area contributed by atoms with Gasteiger partial charge in [0.1, 0.15) is 6.04 Å². The lowest BCUT2D eigenvalue weighted by Crippen LogP contribution is -2.50. The zero-order chi connectivity index (χ0) is 30.9. The third kappa shape index (κ3) is 9.07. The standard InChI is InChI=1S/C31H36F3N3O4S/c1-4-35-30(39)28(20-24-13-6-5-7-14-24)36(22-25-15-9-8-12-23(25)2)29(38)18-11-19-37(42(3,40)41)27-17-10-16-26(21-27)31(32,33)34/h5-10,12-17,21,28H,4,11,18-20,22H2,1-3H3,(H,35,39)/t28-/m1/s1. The van der Waals surface area contributed by atoms with Crippen LogP contribution in [0.25, 0.3) is 0 Å². The summed E-state index contributed by atoms with van der Waals surface area (Å²) in [5, 5.41) is 2.82. The van der Waals surface area contributed by atoms with Crippen LogP contribution < -0.4 is 9.62 Å². The molecule has 1 N–H and O–H groups in total. The number of hydrogen-bond acceptors (Lipinski definition) is 4. The van der Waals surface area contributed by atoms with Gasteiger partial charge in [-0.25, -0.2) is 8.42 Å². The molecule has 42 heavy (non-hydrogen) atoms. The molecule has 0 saturated carbocycles. The fraction of sp³-hybridized carbons (Fsp3) is 0.355. The van der Waals surface area contributed by atoms with E-state index in [2.05, 4.69) is 5.32 Å². The minimum absolute atomic E-state index is 0.0277. The van der Waals surface area contributed by atoms with Gasteiger partial charge >= 0.3 is 6.18 Å². The second-order valence-corrected chi connectivity index (χ2v) is 11.9. The number of sulfonamides is 1. The van der Waals surface area contributed by atoms with Gasteiger partial charge in [-0.1, -0.05) is 60.7 Å². The molecule has 7 nitrogen and oxygen atoms in total. The molecule has 0 saturated heterocycles. The Balaban J connectivity index is 1.88. The molecule has 3 aromatic rings. The van der Waals surface area contributed by atoms with E-state index in [4.69, 9.17) is 0 Å². The molecule has 0 heterocycles. The summed E-state index contributed by atoms with van der Waals surface area (Å²) in [6.45, 7) is 4.02. The zero-order valence-electron chi connectivity index (χ0n) is 23.9. The molecule has 0 unspecified atom stereocenters. The first-order valence-electron chi connectivity index (χ1n) is 13.6. The lowest BCUT2D eigenvalue weighted by molar-refractivity contribution is -0.141. The van der Waals surface area contributed by atoms with Gasteiger partial charge in [0.05, 0.1) is 17.5 Å². The molecule has 0 radical (unpaired) electrons. The maximum atomic E-state index is 13.8. The third-order valence-corrected chi connectivity index (χ3v) is 8.03. The van der Waals surface area contributed by atoms with E-state index in [1.165, 1.54) is 11.0 Å². The van der Waals surface area contributed by atoms with Crippen molar-refractivity contribution in [3.63, 3.8) is 0 Å². The van der Waals surface area contributed by atoms with Gasteiger partial charge in [-0.2, -0.15) is 13.2 Å². The molecule has 226 valence electrons. The summed E-state index contributed by atoms with van der Waals surface area (Å²) < 4.78 is 65.8. The highest BCUT2D eigenvalue weighted by atomic mass is 32.2. The number of halogens is 3. The van der Waals surface area contributed by atoms with Crippen molar-refractivity contribution in [2.24, 2.45) is 0 Å². The number of likely N-dealkylation sites (N-methyl/N-ethyl adjacent to an activating group) is 1. The molecule has 0 aliphatic rings. The summed E-state index contributed by atoms with van der Waals surface area (Å²) in [6.07, 6.45) is -3.56. The molecule has 0 aliphatic heterocycles. The molecule has 0 aliphatic carbocycles. The predicted molar refractivity (Wildman–Crippen MR) is 157 cm³/mol. The Morgan fingerprint density at radius 3 is 2.24 bits per heavy atom. The van der Waals surface area contributed by atoms with E-state index in [0.29, 0.717) is 6.54 Å². The molecule has 3 rings (SSSR count). The first kappa shape index (κ1) is 32.7. The monoisotopic (exact) mass is 603 g/mol. The number of hydrogen-bond donors (Lipinski definition) is 1. The number of nitrogens with zero attached hydrogens (tertiary/aromatic N) is 2. The van der Waals surface area contributed by atoms with Gasteiger partial charge in [0.25, 0.3) is 0 Å². The molecular formula is C31H36F3N3O4S. The SMILES string of the molecule is CCNC(=O)[C@@H](Cc1ccccc1)N(Cc1ccccc1C)C(=O)CCCN(c1cccc(C(F)(F)F)c1)S(C)(=O)=O. The number of nitrogens with one attached hydrogen (secondary N) is 1. The maximum Gasteiger partial charge on any atom is 0.416 e. The average Bonchev–Trinajstić information content (AvgIpc) is 2.93. The number of alkyl halides is 3. The smallest absolute Gasteiger partial charge is 0.355 e. The second kappa shape index (κ2) is 14.4. The van der Waals surface area contributed by atoms with Gasteiger partial charge in [-0.3, -0.25) is 13.9 Å². The van der Waals surface area contributed by atoms with Gasteiger partial charge in [0, 0.05) is 32.5 Å². The Bertz CT molecular complexity index is 1460. The largest absolute Gasteiger partial charge is 0.416 e. The van der Waals surface area contributed by atoms with Crippen LogP contribution in [0.2, 0.25) is 0 Å². The summed E-state index contributed by atoms with van der Waals surface area (Å²) in [4.78, 5) is 28.6. The highest BCUT2D eigenvalue weighted by molar-refractivity contribution is 7.92. The van der Waals surface area contributed by atoms with Crippen molar-refractivity contribution in [1.82, 2.24) is 10.2 Å².